The van der Waals surface area contributed by atoms with Gasteiger partial charge in [-0.3, -0.25) is 0 Å². The minimum atomic E-state index is 0.841. The Morgan fingerprint density at radius 2 is 2.20 bits per heavy atom. The molecule has 2 rings (SSSR count). The summed E-state index contributed by atoms with van der Waals surface area (Å²) in [5, 5.41) is 0. The zero-order chi connectivity index (χ0) is 10.8. The molecule has 1 radical (unpaired) electrons. The summed E-state index contributed by atoms with van der Waals surface area (Å²) < 4.78 is 0. The highest BCUT2D eigenvalue weighted by molar-refractivity contribution is 6.32. The van der Waals surface area contributed by atoms with Gasteiger partial charge in [0.05, 0.1) is 5.69 Å². The first-order valence-corrected chi connectivity index (χ1v) is 5.24. The van der Waals surface area contributed by atoms with E-state index < -0.39 is 0 Å². The molecule has 0 spiro atoms. The first-order chi connectivity index (χ1) is 7.22. The second-order valence-electron chi connectivity index (χ2n) is 3.94. The van der Waals surface area contributed by atoms with Crippen LogP contribution in [0.3, 0.4) is 0 Å². The average Bonchev–Trinajstić information content (AvgIpc) is 2.64. The fraction of sp³-hybridized carbons (Fsp3) is 0.455. The predicted octanol–water partition coefficient (Wildman–Crippen LogP) is 1.36. The number of fused-ring (bicyclic) bond motifs is 1. The molecule has 15 heavy (non-hydrogen) atoms. The molecule has 0 atom stereocenters. The summed E-state index contributed by atoms with van der Waals surface area (Å²) >= 11 is 0. The van der Waals surface area contributed by atoms with Gasteiger partial charge in [-0.1, -0.05) is 19.0 Å². The molecular weight excluding hydrogens is 185 g/mol. The maximum atomic E-state index is 4.57. The second-order valence-corrected chi connectivity index (χ2v) is 3.94. The van der Waals surface area contributed by atoms with Crippen molar-refractivity contribution >= 4 is 19.2 Å². The lowest BCUT2D eigenvalue weighted by Gasteiger charge is -2.16. The first-order valence-electron chi connectivity index (χ1n) is 5.24. The molecule has 77 valence electrons. The molecule has 3 nitrogen and oxygen atoms in total. The average molecular weight is 200 g/mol. The Kier molecular flexibility index (Phi) is 2.76. The number of nitrogens with zero attached hydrogens (tertiary/aromatic N) is 3. The molecule has 0 saturated heterocycles. The summed E-state index contributed by atoms with van der Waals surface area (Å²) in [4.78, 5) is 11.2. The van der Waals surface area contributed by atoms with Crippen molar-refractivity contribution in [2.75, 3.05) is 19.0 Å². The summed E-state index contributed by atoms with van der Waals surface area (Å²) in [7, 11) is 6.13. The summed E-state index contributed by atoms with van der Waals surface area (Å²) in [6, 6.07) is 0. The van der Waals surface area contributed by atoms with E-state index in [4.69, 9.17) is 0 Å². The van der Waals surface area contributed by atoms with Gasteiger partial charge < -0.3 is 4.90 Å². The van der Waals surface area contributed by atoms with Crippen molar-refractivity contribution in [2.45, 2.75) is 19.6 Å². The molecular formula is C11H15BN3. The van der Waals surface area contributed by atoms with Gasteiger partial charge in [-0.25, -0.2) is 9.97 Å². The maximum absolute atomic E-state index is 4.57. The molecule has 1 aliphatic rings. The Labute approximate surface area is 91.5 Å². The van der Waals surface area contributed by atoms with Crippen LogP contribution >= 0.6 is 0 Å². The highest BCUT2D eigenvalue weighted by Gasteiger charge is 2.15. The van der Waals surface area contributed by atoms with Gasteiger partial charge in [-0.05, 0) is 6.32 Å². The predicted molar refractivity (Wildman–Crippen MR) is 64.4 cm³/mol. The van der Waals surface area contributed by atoms with Crippen molar-refractivity contribution in [3.05, 3.63) is 23.2 Å². The van der Waals surface area contributed by atoms with E-state index in [1.807, 2.05) is 20.9 Å². The van der Waals surface area contributed by atoms with Crippen LogP contribution in [-0.2, 0) is 12.7 Å². The van der Waals surface area contributed by atoms with Crippen molar-refractivity contribution in [3.63, 3.8) is 0 Å². The number of rotatable bonds is 3. The van der Waals surface area contributed by atoms with Gasteiger partial charge in [-0.15, -0.1) is 0 Å². The molecule has 1 aromatic rings. The van der Waals surface area contributed by atoms with Crippen molar-refractivity contribution in [1.82, 2.24) is 9.97 Å². The molecule has 0 unspecified atom stereocenters. The van der Waals surface area contributed by atoms with Gasteiger partial charge in [0.15, 0.2) is 0 Å². The topological polar surface area (TPSA) is 29.0 Å². The quantitative estimate of drug-likeness (QED) is 0.690. The van der Waals surface area contributed by atoms with Crippen LogP contribution in [0, 0.1) is 0 Å². The van der Waals surface area contributed by atoms with Crippen LogP contribution in [0.4, 0.5) is 5.82 Å². The van der Waals surface area contributed by atoms with Crippen LogP contribution in [0.1, 0.15) is 17.1 Å². The molecule has 1 aromatic heterocycles. The van der Waals surface area contributed by atoms with E-state index >= 15 is 0 Å². The fourth-order valence-corrected chi connectivity index (χ4v) is 1.78. The molecule has 1 heterocycles. The summed E-state index contributed by atoms with van der Waals surface area (Å²) in [6.07, 6.45) is 6.04. The van der Waals surface area contributed by atoms with Crippen LogP contribution in [0.5, 0.6) is 0 Å². The van der Waals surface area contributed by atoms with Gasteiger partial charge in [0.2, 0.25) is 0 Å². The highest BCUT2D eigenvalue weighted by Crippen LogP contribution is 2.25. The van der Waals surface area contributed by atoms with Crippen molar-refractivity contribution in [3.8, 4) is 0 Å². The maximum Gasteiger partial charge on any atom is 0.139 e. The standard InChI is InChI=1S/C11H15BN3/c1-12-7-10-13-9-6-4-5-8(9)11(14-10)15(2)3/h4-5H,6-7H2,1-3H3. The number of allylic oxidation sites excluding steroid dienone is 1. The molecule has 0 bridgehead atoms. The van der Waals surface area contributed by atoms with E-state index in [-0.39, 0.29) is 0 Å². The van der Waals surface area contributed by atoms with Crippen LogP contribution in [0.2, 0.25) is 6.82 Å². The summed E-state index contributed by atoms with van der Waals surface area (Å²) in [5.74, 6) is 1.95. The molecule has 0 N–H and O–H groups in total. The normalized spacial score (nSPS) is 12.7. The third-order valence-electron chi connectivity index (χ3n) is 2.46. The van der Waals surface area contributed by atoms with Gasteiger partial charge in [0.1, 0.15) is 18.9 Å². The Morgan fingerprint density at radius 3 is 2.87 bits per heavy atom. The molecule has 4 heteroatoms. The second kappa shape index (κ2) is 4.05. The van der Waals surface area contributed by atoms with E-state index in [1.165, 1.54) is 5.56 Å². The Hall–Kier alpha value is -1.32. The van der Waals surface area contributed by atoms with Crippen LogP contribution in [0.15, 0.2) is 6.08 Å². The molecule has 0 amide bonds. The third-order valence-corrected chi connectivity index (χ3v) is 2.46. The summed E-state index contributed by atoms with van der Waals surface area (Å²) in [6.45, 7) is 2.03. The van der Waals surface area contributed by atoms with E-state index in [9.17, 15) is 0 Å². The van der Waals surface area contributed by atoms with Crippen LogP contribution < -0.4 is 4.90 Å². The van der Waals surface area contributed by atoms with Gasteiger partial charge in [-0.2, -0.15) is 0 Å². The number of hydrogen-bond donors (Lipinski definition) is 0. The van der Waals surface area contributed by atoms with Crippen molar-refractivity contribution in [1.29, 1.82) is 0 Å². The highest BCUT2D eigenvalue weighted by atomic mass is 15.2. The smallest absolute Gasteiger partial charge is 0.139 e. The molecule has 0 aromatic carbocycles. The first kappa shape index (κ1) is 10.2. The van der Waals surface area contributed by atoms with Gasteiger partial charge >= 0.3 is 0 Å². The number of aromatic nitrogens is 2. The zero-order valence-corrected chi connectivity index (χ0v) is 9.49. The third kappa shape index (κ3) is 1.89. The van der Waals surface area contributed by atoms with Gasteiger partial charge in [0, 0.05) is 26.1 Å². The van der Waals surface area contributed by atoms with E-state index in [0.717, 1.165) is 30.1 Å². The van der Waals surface area contributed by atoms with Crippen LogP contribution in [-0.4, -0.2) is 31.3 Å². The monoisotopic (exact) mass is 200 g/mol. The molecule has 0 aliphatic heterocycles. The minimum Gasteiger partial charge on any atom is -0.362 e. The van der Waals surface area contributed by atoms with E-state index in [0.29, 0.717) is 0 Å². The van der Waals surface area contributed by atoms with Crippen LogP contribution in [0.25, 0.3) is 6.08 Å². The molecule has 0 fully saturated rings. The lowest BCUT2D eigenvalue weighted by Crippen LogP contribution is -2.16. The summed E-state index contributed by atoms with van der Waals surface area (Å²) in [5.41, 5.74) is 2.34. The zero-order valence-electron chi connectivity index (χ0n) is 9.49. The minimum absolute atomic E-state index is 0.841. The molecule has 1 aliphatic carbocycles. The molecule has 0 saturated carbocycles. The largest absolute Gasteiger partial charge is 0.362 e. The lowest BCUT2D eigenvalue weighted by atomic mass is 9.78. The van der Waals surface area contributed by atoms with E-state index in [1.54, 1.807) is 0 Å². The fourth-order valence-electron chi connectivity index (χ4n) is 1.78. The van der Waals surface area contributed by atoms with Gasteiger partial charge in [0.25, 0.3) is 0 Å². The SMILES string of the molecule is C[B]Cc1nc2c(c(N(C)C)n1)C=CC2. The Morgan fingerprint density at radius 1 is 1.40 bits per heavy atom. The Bertz CT molecular complexity index is 399. The van der Waals surface area contributed by atoms with Crippen molar-refractivity contribution < 1.29 is 0 Å². The number of anilines is 1. The van der Waals surface area contributed by atoms with E-state index in [2.05, 4.69) is 34.3 Å². The number of hydrogen-bond acceptors (Lipinski definition) is 3. The van der Waals surface area contributed by atoms with Crippen molar-refractivity contribution in [2.24, 2.45) is 0 Å². The lowest BCUT2D eigenvalue weighted by molar-refractivity contribution is 0.934. The Balaban J connectivity index is 2.46.